The molecule has 0 heterocycles. The zero-order chi connectivity index (χ0) is 11.1. The number of hydrogen-bond acceptors (Lipinski definition) is 2. The van der Waals surface area contributed by atoms with Gasteiger partial charge in [0.2, 0.25) is 0 Å². The van der Waals surface area contributed by atoms with Gasteiger partial charge >= 0.3 is 0 Å². The average Bonchev–Trinajstić information content (AvgIpc) is 2.24. The molecule has 1 aromatic carbocycles. The minimum atomic E-state index is -0.477. The zero-order valence-corrected chi connectivity index (χ0v) is 9.20. The number of carbonyl (C=O) groups is 1. The van der Waals surface area contributed by atoms with Crippen LogP contribution in [-0.2, 0) is 10.3 Å². The van der Waals surface area contributed by atoms with Crippen LogP contribution < -0.4 is 0 Å². The van der Waals surface area contributed by atoms with Gasteiger partial charge in [0, 0.05) is 12.7 Å². The summed E-state index contributed by atoms with van der Waals surface area (Å²) >= 11 is 0. The second kappa shape index (κ2) is 3.31. The molecule has 0 saturated heterocycles. The summed E-state index contributed by atoms with van der Waals surface area (Å²) in [6, 6.07) is 5.86. The van der Waals surface area contributed by atoms with Gasteiger partial charge in [0.1, 0.15) is 5.60 Å². The predicted molar refractivity (Wildman–Crippen MR) is 59.0 cm³/mol. The van der Waals surface area contributed by atoms with Crippen molar-refractivity contribution in [1.82, 2.24) is 0 Å². The maximum Gasteiger partial charge on any atom is 0.186 e. The molecule has 78 valence electrons. The van der Waals surface area contributed by atoms with Crippen LogP contribution in [0.4, 0.5) is 0 Å². The maximum absolute atomic E-state index is 11.8. The van der Waals surface area contributed by atoms with Crippen molar-refractivity contribution >= 4 is 5.78 Å². The molecule has 2 rings (SSSR count). The number of allylic oxidation sites excluding steroid dienone is 1. The fourth-order valence-corrected chi connectivity index (χ4v) is 1.99. The van der Waals surface area contributed by atoms with Gasteiger partial charge in [0.15, 0.2) is 5.78 Å². The number of rotatable bonds is 1. The first-order valence-electron chi connectivity index (χ1n) is 4.97. The summed E-state index contributed by atoms with van der Waals surface area (Å²) in [4.78, 5) is 11.8. The summed E-state index contributed by atoms with van der Waals surface area (Å²) in [5.41, 5.74) is 2.27. The van der Waals surface area contributed by atoms with E-state index in [4.69, 9.17) is 4.74 Å². The summed E-state index contributed by atoms with van der Waals surface area (Å²) in [6.45, 7) is 3.92. The Morgan fingerprint density at radius 2 is 2.07 bits per heavy atom. The lowest BCUT2D eigenvalue weighted by Gasteiger charge is -2.30. The molecule has 1 aliphatic carbocycles. The van der Waals surface area contributed by atoms with Crippen LogP contribution in [0.15, 0.2) is 30.4 Å². The van der Waals surface area contributed by atoms with Gasteiger partial charge in [-0.3, -0.25) is 4.79 Å². The van der Waals surface area contributed by atoms with Gasteiger partial charge in [0.25, 0.3) is 0 Å². The third-order valence-electron chi connectivity index (χ3n) is 3.03. The van der Waals surface area contributed by atoms with Crippen LogP contribution in [-0.4, -0.2) is 12.9 Å². The normalized spacial score (nSPS) is 24.1. The molecule has 0 amide bonds. The largest absolute Gasteiger partial charge is 0.370 e. The van der Waals surface area contributed by atoms with Crippen LogP contribution in [0.5, 0.6) is 0 Å². The Kier molecular flexibility index (Phi) is 2.24. The standard InChI is InChI=1S/C13H14O2/c1-9-5-4-6-10-12(9)11(14)7-8-13(10,2)15-3/h4-8H,1-3H3. The number of hydrogen-bond donors (Lipinski definition) is 0. The Balaban J connectivity index is 2.71. The Hall–Kier alpha value is -1.41. The van der Waals surface area contributed by atoms with Crippen molar-refractivity contribution in [2.24, 2.45) is 0 Å². The fourth-order valence-electron chi connectivity index (χ4n) is 1.99. The summed E-state index contributed by atoms with van der Waals surface area (Å²) in [5, 5.41) is 0. The molecule has 0 N–H and O–H groups in total. The van der Waals surface area contributed by atoms with Crippen molar-refractivity contribution < 1.29 is 9.53 Å². The van der Waals surface area contributed by atoms with Crippen LogP contribution in [0.3, 0.4) is 0 Å². The van der Waals surface area contributed by atoms with E-state index < -0.39 is 5.60 Å². The number of ketones is 1. The Bertz CT molecular complexity index is 446. The summed E-state index contributed by atoms with van der Waals surface area (Å²) in [5.74, 6) is 0.0672. The van der Waals surface area contributed by atoms with Crippen molar-refractivity contribution in [1.29, 1.82) is 0 Å². The van der Waals surface area contributed by atoms with Gasteiger partial charge in [0.05, 0.1) is 0 Å². The lowest BCUT2D eigenvalue weighted by Crippen LogP contribution is -2.28. The highest BCUT2D eigenvalue weighted by Crippen LogP contribution is 2.34. The molecule has 2 nitrogen and oxygen atoms in total. The molecule has 0 spiro atoms. The second-order valence-corrected chi connectivity index (χ2v) is 4.01. The first-order chi connectivity index (χ1) is 7.08. The van der Waals surface area contributed by atoms with Crippen LogP contribution in [0, 0.1) is 6.92 Å². The van der Waals surface area contributed by atoms with Gasteiger partial charge in [-0.15, -0.1) is 0 Å². The molecule has 2 heteroatoms. The molecular weight excluding hydrogens is 188 g/mol. The van der Waals surface area contributed by atoms with Crippen LogP contribution >= 0.6 is 0 Å². The third-order valence-corrected chi connectivity index (χ3v) is 3.03. The van der Waals surface area contributed by atoms with E-state index in [0.717, 1.165) is 16.7 Å². The molecule has 0 radical (unpaired) electrons. The first kappa shape index (κ1) is 10.1. The highest BCUT2D eigenvalue weighted by molar-refractivity contribution is 6.08. The summed E-state index contributed by atoms with van der Waals surface area (Å²) in [6.07, 6.45) is 3.41. The molecule has 1 aromatic rings. The smallest absolute Gasteiger partial charge is 0.186 e. The zero-order valence-electron chi connectivity index (χ0n) is 9.20. The van der Waals surface area contributed by atoms with E-state index >= 15 is 0 Å². The molecule has 1 unspecified atom stereocenters. The Morgan fingerprint density at radius 1 is 1.33 bits per heavy atom. The fraction of sp³-hybridized carbons (Fsp3) is 0.308. The van der Waals surface area contributed by atoms with Crippen molar-refractivity contribution in [3.8, 4) is 0 Å². The second-order valence-electron chi connectivity index (χ2n) is 4.01. The van der Waals surface area contributed by atoms with Gasteiger partial charge in [-0.05, 0) is 37.1 Å². The topological polar surface area (TPSA) is 26.3 Å². The monoisotopic (exact) mass is 202 g/mol. The molecule has 0 fully saturated rings. The molecular formula is C13H14O2. The van der Waals surface area contributed by atoms with E-state index in [2.05, 4.69) is 0 Å². The average molecular weight is 202 g/mol. The Labute approximate surface area is 89.6 Å². The van der Waals surface area contributed by atoms with E-state index in [-0.39, 0.29) is 5.78 Å². The molecule has 0 saturated carbocycles. The van der Waals surface area contributed by atoms with E-state index in [1.807, 2.05) is 38.1 Å². The number of benzene rings is 1. The van der Waals surface area contributed by atoms with E-state index in [1.165, 1.54) is 0 Å². The summed E-state index contributed by atoms with van der Waals surface area (Å²) < 4.78 is 5.47. The number of methoxy groups -OCH3 is 1. The highest BCUT2D eigenvalue weighted by Gasteiger charge is 2.31. The van der Waals surface area contributed by atoms with Gasteiger partial charge in [-0.25, -0.2) is 0 Å². The van der Waals surface area contributed by atoms with Gasteiger partial charge in [-0.1, -0.05) is 18.2 Å². The van der Waals surface area contributed by atoms with Gasteiger partial charge < -0.3 is 4.74 Å². The van der Waals surface area contributed by atoms with Crippen molar-refractivity contribution in [2.75, 3.05) is 7.11 Å². The van der Waals surface area contributed by atoms with Crippen LogP contribution in [0.1, 0.15) is 28.4 Å². The van der Waals surface area contributed by atoms with Crippen molar-refractivity contribution in [3.63, 3.8) is 0 Å². The molecule has 1 atom stereocenters. The first-order valence-corrected chi connectivity index (χ1v) is 4.97. The minimum absolute atomic E-state index is 0.0672. The number of fused-ring (bicyclic) bond motifs is 1. The quantitative estimate of drug-likeness (QED) is 0.699. The van der Waals surface area contributed by atoms with Crippen LogP contribution in [0.25, 0.3) is 0 Å². The maximum atomic E-state index is 11.8. The Morgan fingerprint density at radius 3 is 2.73 bits per heavy atom. The van der Waals surface area contributed by atoms with Crippen LogP contribution in [0.2, 0.25) is 0 Å². The molecule has 0 bridgehead atoms. The van der Waals surface area contributed by atoms with E-state index in [9.17, 15) is 4.79 Å². The SMILES string of the molecule is COC1(C)C=CC(=O)c2c(C)cccc21. The predicted octanol–water partition coefficient (Wildman–Crippen LogP) is 2.61. The number of aryl methyl sites for hydroxylation is 1. The summed E-state index contributed by atoms with van der Waals surface area (Å²) in [7, 11) is 1.66. The van der Waals surface area contributed by atoms with E-state index in [1.54, 1.807) is 13.2 Å². The molecule has 0 aliphatic heterocycles. The minimum Gasteiger partial charge on any atom is -0.370 e. The number of ether oxygens (including phenoxy) is 1. The van der Waals surface area contributed by atoms with Gasteiger partial charge in [-0.2, -0.15) is 0 Å². The lowest BCUT2D eigenvalue weighted by atomic mass is 9.82. The third kappa shape index (κ3) is 1.41. The molecule has 15 heavy (non-hydrogen) atoms. The highest BCUT2D eigenvalue weighted by atomic mass is 16.5. The van der Waals surface area contributed by atoms with Crippen molar-refractivity contribution in [3.05, 3.63) is 47.0 Å². The molecule has 1 aliphatic rings. The van der Waals surface area contributed by atoms with E-state index in [0.29, 0.717) is 0 Å². The lowest BCUT2D eigenvalue weighted by molar-refractivity contribution is 0.0432. The molecule has 0 aromatic heterocycles. The van der Waals surface area contributed by atoms with Crippen molar-refractivity contribution in [2.45, 2.75) is 19.4 Å². The number of carbonyl (C=O) groups excluding carboxylic acids is 1.